The number of carbonyl (C=O) groups excluding carboxylic acids is 2. The van der Waals surface area contributed by atoms with Crippen molar-refractivity contribution in [3.63, 3.8) is 0 Å². The standard InChI is InChI=1S/C25H19NO3/c1-16(27)22-15-24(26-23-6-4-3-5-21(22)23)19-11-7-17(8-12-19)18-9-13-20(14-10-18)25(28)29-2/h3-15H,1-2H3. The van der Waals surface area contributed by atoms with Crippen LogP contribution in [0.1, 0.15) is 27.6 Å². The van der Waals surface area contributed by atoms with Crippen LogP contribution in [0.25, 0.3) is 33.3 Å². The molecule has 0 spiro atoms. The number of ketones is 1. The molecule has 29 heavy (non-hydrogen) atoms. The highest BCUT2D eigenvalue weighted by Crippen LogP contribution is 2.28. The Hall–Kier alpha value is -3.79. The van der Waals surface area contributed by atoms with Gasteiger partial charge in [0, 0.05) is 16.5 Å². The molecule has 0 atom stereocenters. The molecule has 0 saturated carbocycles. The van der Waals surface area contributed by atoms with Crippen LogP contribution >= 0.6 is 0 Å². The smallest absolute Gasteiger partial charge is 0.337 e. The van der Waals surface area contributed by atoms with E-state index in [0.717, 1.165) is 33.3 Å². The zero-order chi connectivity index (χ0) is 20.4. The number of rotatable bonds is 4. The first-order valence-corrected chi connectivity index (χ1v) is 9.27. The van der Waals surface area contributed by atoms with Gasteiger partial charge in [-0.2, -0.15) is 0 Å². The van der Waals surface area contributed by atoms with Crippen molar-refractivity contribution in [2.24, 2.45) is 0 Å². The third kappa shape index (κ3) is 3.65. The lowest BCUT2D eigenvalue weighted by Crippen LogP contribution is -2.00. The summed E-state index contributed by atoms with van der Waals surface area (Å²) in [4.78, 5) is 28.4. The van der Waals surface area contributed by atoms with E-state index in [1.165, 1.54) is 7.11 Å². The molecule has 0 amide bonds. The fourth-order valence-electron chi connectivity index (χ4n) is 3.36. The Labute approximate surface area is 168 Å². The molecule has 0 saturated heterocycles. The summed E-state index contributed by atoms with van der Waals surface area (Å²) in [5.41, 5.74) is 5.73. The third-order valence-corrected chi connectivity index (χ3v) is 4.92. The molecule has 0 radical (unpaired) electrons. The van der Waals surface area contributed by atoms with Gasteiger partial charge in [0.05, 0.1) is 23.9 Å². The fraction of sp³-hybridized carbons (Fsp3) is 0.0800. The number of aromatic nitrogens is 1. The highest BCUT2D eigenvalue weighted by atomic mass is 16.5. The van der Waals surface area contributed by atoms with Crippen LogP contribution < -0.4 is 0 Å². The number of esters is 1. The number of hydrogen-bond donors (Lipinski definition) is 0. The zero-order valence-corrected chi connectivity index (χ0v) is 16.2. The van der Waals surface area contributed by atoms with Crippen LogP contribution in [0.15, 0.2) is 78.9 Å². The van der Waals surface area contributed by atoms with Gasteiger partial charge in [-0.05, 0) is 42.3 Å². The van der Waals surface area contributed by atoms with Crippen molar-refractivity contribution in [1.82, 2.24) is 4.98 Å². The topological polar surface area (TPSA) is 56.3 Å². The average molecular weight is 381 g/mol. The third-order valence-electron chi connectivity index (χ3n) is 4.92. The monoisotopic (exact) mass is 381 g/mol. The van der Waals surface area contributed by atoms with Crippen molar-refractivity contribution in [2.45, 2.75) is 6.92 Å². The van der Waals surface area contributed by atoms with Crippen molar-refractivity contribution in [2.75, 3.05) is 7.11 Å². The number of ether oxygens (including phenoxy) is 1. The van der Waals surface area contributed by atoms with Gasteiger partial charge in [-0.25, -0.2) is 9.78 Å². The van der Waals surface area contributed by atoms with Crippen molar-refractivity contribution in [1.29, 1.82) is 0 Å². The molecule has 1 aromatic heterocycles. The van der Waals surface area contributed by atoms with Gasteiger partial charge in [0.25, 0.3) is 0 Å². The molecule has 4 rings (SSSR count). The first-order chi connectivity index (χ1) is 14.1. The van der Waals surface area contributed by atoms with Crippen LogP contribution in [0.3, 0.4) is 0 Å². The Balaban J connectivity index is 1.69. The Morgan fingerprint density at radius 3 is 2.00 bits per heavy atom. The second kappa shape index (κ2) is 7.68. The molecule has 0 aliphatic rings. The van der Waals surface area contributed by atoms with Crippen LogP contribution in [-0.2, 0) is 4.74 Å². The number of Topliss-reactive ketones (excluding diaryl/α,β-unsaturated/α-hetero) is 1. The molecule has 142 valence electrons. The Morgan fingerprint density at radius 1 is 0.793 bits per heavy atom. The minimum atomic E-state index is -0.351. The predicted molar refractivity (Wildman–Crippen MR) is 114 cm³/mol. The van der Waals surface area contributed by atoms with E-state index in [2.05, 4.69) is 0 Å². The molecular weight excluding hydrogens is 362 g/mol. The summed E-state index contributed by atoms with van der Waals surface area (Å²) >= 11 is 0. The van der Waals surface area contributed by atoms with E-state index in [1.54, 1.807) is 19.1 Å². The van der Waals surface area contributed by atoms with E-state index in [4.69, 9.17) is 9.72 Å². The van der Waals surface area contributed by atoms with E-state index < -0.39 is 0 Å². The number of hydrogen-bond acceptors (Lipinski definition) is 4. The summed E-state index contributed by atoms with van der Waals surface area (Å²) in [6.07, 6.45) is 0. The number of para-hydroxylation sites is 1. The number of nitrogens with zero attached hydrogens (tertiary/aromatic N) is 1. The molecule has 0 aliphatic heterocycles. The quantitative estimate of drug-likeness (QED) is 0.343. The molecule has 0 bridgehead atoms. The lowest BCUT2D eigenvalue weighted by molar-refractivity contribution is 0.0600. The van der Waals surface area contributed by atoms with Crippen LogP contribution in [0, 0.1) is 0 Å². The maximum atomic E-state index is 12.1. The summed E-state index contributed by atoms with van der Waals surface area (Å²) in [5, 5.41) is 0.867. The molecule has 0 N–H and O–H groups in total. The van der Waals surface area contributed by atoms with Gasteiger partial charge >= 0.3 is 5.97 Å². The normalized spacial score (nSPS) is 10.7. The Morgan fingerprint density at radius 2 is 1.38 bits per heavy atom. The summed E-state index contributed by atoms with van der Waals surface area (Å²) in [6, 6.07) is 24.8. The predicted octanol–water partition coefficient (Wildman–Crippen LogP) is 5.56. The number of methoxy groups -OCH3 is 1. The molecular formula is C25H19NO3. The summed E-state index contributed by atoms with van der Waals surface area (Å²) in [7, 11) is 1.37. The Bertz CT molecular complexity index is 1210. The maximum Gasteiger partial charge on any atom is 0.337 e. The van der Waals surface area contributed by atoms with Crippen molar-refractivity contribution in [3.05, 3.63) is 90.0 Å². The SMILES string of the molecule is COC(=O)c1ccc(-c2ccc(-c3cc(C(C)=O)c4ccccc4n3)cc2)cc1. The van der Waals surface area contributed by atoms with Crippen LogP contribution in [0.4, 0.5) is 0 Å². The molecule has 4 nitrogen and oxygen atoms in total. The largest absolute Gasteiger partial charge is 0.465 e. The fourth-order valence-corrected chi connectivity index (χ4v) is 3.36. The number of carbonyl (C=O) groups is 2. The van der Waals surface area contributed by atoms with E-state index >= 15 is 0 Å². The minimum Gasteiger partial charge on any atom is -0.465 e. The van der Waals surface area contributed by atoms with Gasteiger partial charge < -0.3 is 4.74 Å². The molecule has 4 aromatic rings. The van der Waals surface area contributed by atoms with E-state index in [-0.39, 0.29) is 11.8 Å². The van der Waals surface area contributed by atoms with Crippen LogP contribution in [-0.4, -0.2) is 23.8 Å². The zero-order valence-electron chi connectivity index (χ0n) is 16.2. The van der Waals surface area contributed by atoms with Crippen molar-refractivity contribution >= 4 is 22.7 Å². The van der Waals surface area contributed by atoms with E-state index in [0.29, 0.717) is 11.1 Å². The van der Waals surface area contributed by atoms with Crippen molar-refractivity contribution in [3.8, 4) is 22.4 Å². The van der Waals surface area contributed by atoms with Crippen LogP contribution in [0.2, 0.25) is 0 Å². The lowest BCUT2D eigenvalue weighted by Gasteiger charge is -2.09. The maximum absolute atomic E-state index is 12.1. The summed E-state index contributed by atoms with van der Waals surface area (Å²) in [5.74, 6) is -0.331. The van der Waals surface area contributed by atoms with Crippen LogP contribution in [0.5, 0.6) is 0 Å². The Kier molecular flexibility index (Phi) is 4.92. The van der Waals surface area contributed by atoms with E-state index in [1.807, 2.05) is 66.7 Å². The van der Waals surface area contributed by atoms with Crippen molar-refractivity contribution < 1.29 is 14.3 Å². The number of benzene rings is 3. The highest BCUT2D eigenvalue weighted by molar-refractivity contribution is 6.07. The molecule has 1 heterocycles. The van der Waals surface area contributed by atoms with Gasteiger partial charge in [-0.15, -0.1) is 0 Å². The molecule has 0 fully saturated rings. The highest BCUT2D eigenvalue weighted by Gasteiger charge is 2.11. The number of pyridine rings is 1. The minimum absolute atomic E-state index is 0.0205. The average Bonchev–Trinajstić information content (AvgIpc) is 2.78. The van der Waals surface area contributed by atoms with Gasteiger partial charge in [0.1, 0.15) is 0 Å². The second-order valence-corrected chi connectivity index (χ2v) is 6.77. The molecule has 4 heteroatoms. The first kappa shape index (κ1) is 18.6. The van der Waals surface area contributed by atoms with Gasteiger partial charge in [0.15, 0.2) is 5.78 Å². The van der Waals surface area contributed by atoms with Gasteiger partial charge in [0.2, 0.25) is 0 Å². The van der Waals surface area contributed by atoms with Gasteiger partial charge in [-0.3, -0.25) is 4.79 Å². The summed E-state index contributed by atoms with van der Waals surface area (Å²) in [6.45, 7) is 1.58. The second-order valence-electron chi connectivity index (χ2n) is 6.77. The molecule has 3 aromatic carbocycles. The van der Waals surface area contributed by atoms with E-state index in [9.17, 15) is 9.59 Å². The molecule has 0 unspecified atom stereocenters. The molecule has 0 aliphatic carbocycles. The summed E-state index contributed by atoms with van der Waals surface area (Å²) < 4.78 is 4.73. The van der Waals surface area contributed by atoms with Gasteiger partial charge in [-0.1, -0.05) is 54.6 Å². The number of fused-ring (bicyclic) bond motifs is 1. The first-order valence-electron chi connectivity index (χ1n) is 9.27. The lowest BCUT2D eigenvalue weighted by atomic mass is 9.99.